The van der Waals surface area contributed by atoms with Crippen molar-refractivity contribution in [2.75, 3.05) is 13.2 Å². The molecule has 2 aromatic heterocycles. The lowest BCUT2D eigenvalue weighted by atomic mass is 10.1. The number of aliphatic hydroxyl groups is 1. The predicted molar refractivity (Wildman–Crippen MR) is 94.1 cm³/mol. The highest BCUT2D eigenvalue weighted by molar-refractivity contribution is 5.61. The van der Waals surface area contributed by atoms with Crippen molar-refractivity contribution in [3.05, 3.63) is 72.2 Å². The molecule has 0 aliphatic heterocycles. The van der Waals surface area contributed by atoms with E-state index in [0.717, 1.165) is 29.9 Å². The molecule has 0 spiro atoms. The Balaban J connectivity index is 1.82. The molecule has 124 valence electrons. The topological polar surface area (TPSA) is 54.2 Å². The van der Waals surface area contributed by atoms with Crippen LogP contribution in [0.5, 0.6) is 0 Å². The highest BCUT2D eigenvalue weighted by Crippen LogP contribution is 2.22. The first-order valence-corrected chi connectivity index (χ1v) is 8.06. The van der Waals surface area contributed by atoms with Crippen LogP contribution in [0.2, 0.25) is 0 Å². The van der Waals surface area contributed by atoms with Gasteiger partial charge in [-0.25, -0.2) is 0 Å². The summed E-state index contributed by atoms with van der Waals surface area (Å²) in [6.07, 6.45) is 5.64. The molecule has 24 heavy (non-hydrogen) atoms. The minimum atomic E-state index is 0.134. The van der Waals surface area contributed by atoms with Crippen LogP contribution in [-0.2, 0) is 20.1 Å². The van der Waals surface area contributed by atoms with E-state index >= 15 is 0 Å². The molecule has 3 aromatic rings. The van der Waals surface area contributed by atoms with Crippen LogP contribution in [-0.4, -0.2) is 37.9 Å². The van der Waals surface area contributed by atoms with Crippen LogP contribution < -0.4 is 0 Å². The average molecular weight is 322 g/mol. The number of hydrogen-bond acceptors (Lipinski definition) is 4. The molecule has 2 heterocycles. The van der Waals surface area contributed by atoms with Crippen LogP contribution in [0.15, 0.2) is 61.1 Å². The molecule has 1 aromatic carbocycles. The summed E-state index contributed by atoms with van der Waals surface area (Å²) in [5.41, 5.74) is 4.33. The van der Waals surface area contributed by atoms with E-state index in [4.69, 9.17) is 0 Å². The molecule has 5 heteroatoms. The van der Waals surface area contributed by atoms with Gasteiger partial charge in [0.15, 0.2) is 0 Å². The van der Waals surface area contributed by atoms with E-state index in [-0.39, 0.29) is 6.61 Å². The third-order valence-electron chi connectivity index (χ3n) is 3.90. The lowest BCUT2D eigenvalue weighted by molar-refractivity contribution is 0.184. The Morgan fingerprint density at radius 3 is 2.62 bits per heavy atom. The summed E-state index contributed by atoms with van der Waals surface area (Å²) in [5.74, 6) is 0. The summed E-state index contributed by atoms with van der Waals surface area (Å²) in [7, 11) is 1.93. The first kappa shape index (κ1) is 16.4. The van der Waals surface area contributed by atoms with Gasteiger partial charge >= 0.3 is 0 Å². The van der Waals surface area contributed by atoms with Gasteiger partial charge in [-0.3, -0.25) is 14.6 Å². The molecule has 0 radical (unpaired) electrons. The van der Waals surface area contributed by atoms with Gasteiger partial charge in [-0.15, -0.1) is 0 Å². The average Bonchev–Trinajstić information content (AvgIpc) is 2.97. The van der Waals surface area contributed by atoms with Gasteiger partial charge in [-0.2, -0.15) is 5.10 Å². The van der Waals surface area contributed by atoms with Crippen LogP contribution >= 0.6 is 0 Å². The molecule has 5 nitrogen and oxygen atoms in total. The normalized spacial score (nSPS) is 11.1. The van der Waals surface area contributed by atoms with Gasteiger partial charge < -0.3 is 5.11 Å². The molecule has 0 unspecified atom stereocenters. The number of nitrogens with zero attached hydrogens (tertiary/aromatic N) is 4. The van der Waals surface area contributed by atoms with E-state index in [1.54, 1.807) is 6.20 Å². The Morgan fingerprint density at radius 2 is 1.92 bits per heavy atom. The second-order valence-electron chi connectivity index (χ2n) is 5.84. The molecule has 0 saturated heterocycles. The number of pyridine rings is 1. The fourth-order valence-corrected chi connectivity index (χ4v) is 2.84. The predicted octanol–water partition coefficient (Wildman–Crippen LogP) is 2.48. The molecule has 0 aliphatic carbocycles. The molecule has 1 N–H and O–H groups in total. The van der Waals surface area contributed by atoms with Crippen molar-refractivity contribution in [3.63, 3.8) is 0 Å². The van der Waals surface area contributed by atoms with Crippen LogP contribution in [0.25, 0.3) is 11.3 Å². The molecule has 3 rings (SSSR count). The quantitative estimate of drug-likeness (QED) is 0.726. The van der Waals surface area contributed by atoms with Gasteiger partial charge in [0.05, 0.1) is 12.3 Å². The van der Waals surface area contributed by atoms with Crippen molar-refractivity contribution >= 4 is 0 Å². The van der Waals surface area contributed by atoms with Gasteiger partial charge in [0.25, 0.3) is 0 Å². The molecular weight excluding hydrogens is 300 g/mol. The van der Waals surface area contributed by atoms with Gasteiger partial charge in [0.1, 0.15) is 0 Å². The Kier molecular flexibility index (Phi) is 5.36. The zero-order valence-corrected chi connectivity index (χ0v) is 13.8. The Morgan fingerprint density at radius 1 is 1.08 bits per heavy atom. The number of benzene rings is 1. The monoisotopic (exact) mass is 322 g/mol. The van der Waals surface area contributed by atoms with E-state index in [9.17, 15) is 5.11 Å². The largest absolute Gasteiger partial charge is 0.395 e. The molecule has 0 fully saturated rings. The zero-order valence-electron chi connectivity index (χ0n) is 13.8. The minimum Gasteiger partial charge on any atom is -0.395 e. The van der Waals surface area contributed by atoms with Crippen molar-refractivity contribution < 1.29 is 5.11 Å². The molecular formula is C19H22N4O. The number of aliphatic hydroxyl groups excluding tert-OH is 1. The lowest BCUT2D eigenvalue weighted by Gasteiger charge is -2.21. The van der Waals surface area contributed by atoms with Crippen molar-refractivity contribution in [1.82, 2.24) is 19.7 Å². The summed E-state index contributed by atoms with van der Waals surface area (Å²) in [5, 5.41) is 14.0. The number of aryl methyl sites for hydroxylation is 1. The third-order valence-corrected chi connectivity index (χ3v) is 3.90. The van der Waals surface area contributed by atoms with Crippen molar-refractivity contribution in [2.45, 2.75) is 13.1 Å². The zero-order chi connectivity index (χ0) is 16.8. The fourth-order valence-electron chi connectivity index (χ4n) is 2.84. The molecule has 0 amide bonds. The minimum absolute atomic E-state index is 0.134. The lowest BCUT2D eigenvalue weighted by Crippen LogP contribution is -2.26. The van der Waals surface area contributed by atoms with Crippen LogP contribution in [0.1, 0.15) is 11.1 Å². The summed E-state index contributed by atoms with van der Waals surface area (Å²) in [6.45, 7) is 2.28. The fraction of sp³-hybridized carbons (Fsp3) is 0.263. The highest BCUT2D eigenvalue weighted by Gasteiger charge is 2.14. The van der Waals surface area contributed by atoms with E-state index in [1.165, 1.54) is 5.56 Å². The Labute approximate surface area is 142 Å². The molecule has 0 bridgehead atoms. The number of rotatable bonds is 7. The van der Waals surface area contributed by atoms with Crippen molar-refractivity contribution in [3.8, 4) is 11.3 Å². The second kappa shape index (κ2) is 7.86. The standard InChI is InChI=1S/C19H22N4O/c1-22-14-18(19(21-22)17-8-5-9-20-12-17)15-23(10-11-24)13-16-6-3-2-4-7-16/h2-9,12,14,24H,10-11,13,15H2,1H3. The first-order chi connectivity index (χ1) is 11.8. The summed E-state index contributed by atoms with van der Waals surface area (Å²) >= 11 is 0. The Hall–Kier alpha value is -2.50. The van der Waals surface area contributed by atoms with Gasteiger partial charge in [0.2, 0.25) is 0 Å². The van der Waals surface area contributed by atoms with Gasteiger partial charge in [-0.1, -0.05) is 30.3 Å². The molecule has 0 aliphatic rings. The molecule has 0 atom stereocenters. The van der Waals surface area contributed by atoms with Crippen LogP contribution in [0.3, 0.4) is 0 Å². The maximum absolute atomic E-state index is 9.41. The van der Waals surface area contributed by atoms with E-state index < -0.39 is 0 Å². The van der Waals surface area contributed by atoms with Crippen molar-refractivity contribution in [1.29, 1.82) is 0 Å². The first-order valence-electron chi connectivity index (χ1n) is 8.06. The van der Waals surface area contributed by atoms with E-state index in [2.05, 4.69) is 27.1 Å². The van der Waals surface area contributed by atoms with Crippen LogP contribution in [0, 0.1) is 0 Å². The summed E-state index contributed by atoms with van der Waals surface area (Å²) in [6, 6.07) is 14.2. The highest BCUT2D eigenvalue weighted by atomic mass is 16.3. The second-order valence-corrected chi connectivity index (χ2v) is 5.84. The summed E-state index contributed by atoms with van der Waals surface area (Å²) < 4.78 is 1.83. The van der Waals surface area contributed by atoms with Gasteiger partial charge in [0, 0.05) is 56.4 Å². The van der Waals surface area contributed by atoms with Crippen LogP contribution in [0.4, 0.5) is 0 Å². The maximum atomic E-state index is 9.41. The number of aromatic nitrogens is 3. The SMILES string of the molecule is Cn1cc(CN(CCO)Cc2ccccc2)c(-c2cccnc2)n1. The van der Waals surface area contributed by atoms with Gasteiger partial charge in [-0.05, 0) is 17.7 Å². The van der Waals surface area contributed by atoms with Crippen molar-refractivity contribution in [2.24, 2.45) is 7.05 Å². The number of hydrogen-bond donors (Lipinski definition) is 1. The smallest absolute Gasteiger partial charge is 0.0983 e. The van der Waals surface area contributed by atoms with E-state index in [0.29, 0.717) is 6.54 Å². The van der Waals surface area contributed by atoms with E-state index in [1.807, 2.05) is 54.5 Å². The Bertz CT molecular complexity index is 756. The summed E-state index contributed by atoms with van der Waals surface area (Å²) in [4.78, 5) is 6.42. The maximum Gasteiger partial charge on any atom is 0.0983 e. The molecule has 0 saturated carbocycles. The third kappa shape index (κ3) is 4.07.